The molecule has 0 saturated heterocycles. The van der Waals surface area contributed by atoms with Gasteiger partial charge < -0.3 is 4.85 Å². The fraction of sp³-hybridized carbons (Fsp3) is 0.174. The minimum absolute atomic E-state index is 0.124. The van der Waals surface area contributed by atoms with E-state index in [1.165, 1.54) is 16.7 Å². The number of nitrogens with zero attached hydrogens (tertiary/aromatic N) is 1. The predicted molar refractivity (Wildman–Crippen MR) is 101 cm³/mol. The Balaban J connectivity index is 1.95. The van der Waals surface area contributed by atoms with Gasteiger partial charge in [-0.15, -0.1) is 0 Å². The van der Waals surface area contributed by atoms with Crippen LogP contribution in [0.4, 0.5) is 0 Å². The van der Waals surface area contributed by atoms with Gasteiger partial charge in [0.1, 0.15) is 0 Å². The molecule has 0 aliphatic rings. The molecule has 3 aromatic carbocycles. The third-order valence-electron chi connectivity index (χ3n) is 4.95. The highest BCUT2D eigenvalue weighted by Gasteiger charge is 2.40. The van der Waals surface area contributed by atoms with Crippen LogP contribution < -0.4 is 0 Å². The molecule has 3 rings (SSSR count). The summed E-state index contributed by atoms with van der Waals surface area (Å²) in [4.78, 5) is 4.02. The Morgan fingerprint density at radius 2 is 1.25 bits per heavy atom. The molecule has 0 radical (unpaired) electrons. The van der Waals surface area contributed by atoms with Crippen molar-refractivity contribution in [2.24, 2.45) is 0 Å². The molecule has 1 heteroatoms. The molecule has 0 saturated carbocycles. The molecule has 0 spiro atoms. The van der Waals surface area contributed by atoms with Gasteiger partial charge in [-0.3, -0.25) is 0 Å². The highest BCUT2D eigenvalue weighted by atomic mass is 14.8. The van der Waals surface area contributed by atoms with Crippen LogP contribution in [0.5, 0.6) is 0 Å². The van der Waals surface area contributed by atoms with E-state index in [2.05, 4.69) is 60.3 Å². The molecule has 118 valence electrons. The second-order valence-corrected chi connectivity index (χ2v) is 6.34. The first-order valence-electron chi connectivity index (χ1n) is 8.24. The Kier molecular flexibility index (Phi) is 4.49. The van der Waals surface area contributed by atoms with E-state index in [0.717, 1.165) is 5.56 Å². The normalized spacial score (nSPS) is 14.4. The van der Waals surface area contributed by atoms with Crippen molar-refractivity contribution in [1.82, 2.24) is 0 Å². The first-order valence-corrected chi connectivity index (χ1v) is 8.24. The van der Waals surface area contributed by atoms with Crippen molar-refractivity contribution < 1.29 is 0 Å². The van der Waals surface area contributed by atoms with Crippen molar-refractivity contribution in [3.05, 3.63) is 107 Å². The van der Waals surface area contributed by atoms with E-state index in [4.69, 9.17) is 6.57 Å². The zero-order valence-corrected chi connectivity index (χ0v) is 14.1. The van der Waals surface area contributed by atoms with Gasteiger partial charge in [0, 0.05) is 12.5 Å². The third kappa shape index (κ3) is 2.96. The molecule has 3 aromatic rings. The second-order valence-electron chi connectivity index (χ2n) is 6.34. The molecule has 0 heterocycles. The SMILES string of the molecule is [C-]#[N+][C@](C)(c1ccc(-c2ccccc2)cc1)[C@H](C)c1ccccc1. The summed E-state index contributed by atoms with van der Waals surface area (Å²) < 4.78 is 0. The van der Waals surface area contributed by atoms with Gasteiger partial charge >= 0.3 is 0 Å². The summed E-state index contributed by atoms with van der Waals surface area (Å²) in [6, 6.07) is 29.0. The van der Waals surface area contributed by atoms with Gasteiger partial charge in [0.05, 0.1) is 5.92 Å². The van der Waals surface area contributed by atoms with Crippen LogP contribution in [-0.4, -0.2) is 0 Å². The molecule has 2 atom stereocenters. The number of hydrogen-bond acceptors (Lipinski definition) is 0. The van der Waals surface area contributed by atoms with Crippen LogP contribution in [0.25, 0.3) is 16.0 Å². The highest BCUT2D eigenvalue weighted by molar-refractivity contribution is 5.63. The van der Waals surface area contributed by atoms with Gasteiger partial charge in [0.25, 0.3) is 5.54 Å². The summed E-state index contributed by atoms with van der Waals surface area (Å²) in [6.07, 6.45) is 0. The molecular weight excluding hydrogens is 290 g/mol. The summed E-state index contributed by atoms with van der Waals surface area (Å²) in [6.45, 7) is 12.0. The molecule has 1 nitrogen and oxygen atoms in total. The molecular formula is C23H21N. The van der Waals surface area contributed by atoms with E-state index >= 15 is 0 Å². The van der Waals surface area contributed by atoms with E-state index in [-0.39, 0.29) is 5.92 Å². The molecule has 24 heavy (non-hydrogen) atoms. The average Bonchev–Trinajstić information content (AvgIpc) is 2.68. The lowest BCUT2D eigenvalue weighted by Gasteiger charge is -2.25. The van der Waals surface area contributed by atoms with Crippen molar-refractivity contribution in [2.75, 3.05) is 0 Å². The van der Waals surface area contributed by atoms with E-state index in [9.17, 15) is 0 Å². The number of benzene rings is 3. The van der Waals surface area contributed by atoms with Crippen LogP contribution in [0.15, 0.2) is 84.9 Å². The smallest absolute Gasteiger partial charge is 0.261 e. The Morgan fingerprint density at radius 1 is 0.750 bits per heavy atom. The van der Waals surface area contributed by atoms with E-state index in [1.54, 1.807) is 0 Å². The van der Waals surface area contributed by atoms with Gasteiger partial charge in [-0.05, 0) is 16.7 Å². The summed E-state index contributed by atoms with van der Waals surface area (Å²) in [5.41, 5.74) is 4.07. The van der Waals surface area contributed by atoms with Crippen LogP contribution in [0.3, 0.4) is 0 Å². The van der Waals surface area contributed by atoms with Crippen LogP contribution in [-0.2, 0) is 5.54 Å². The summed E-state index contributed by atoms with van der Waals surface area (Å²) >= 11 is 0. The lowest BCUT2D eigenvalue weighted by atomic mass is 9.77. The zero-order valence-electron chi connectivity index (χ0n) is 14.1. The fourth-order valence-corrected chi connectivity index (χ4v) is 3.11. The van der Waals surface area contributed by atoms with Gasteiger partial charge in [-0.1, -0.05) is 91.9 Å². The largest absolute Gasteiger partial charge is 0.305 e. The minimum Gasteiger partial charge on any atom is -0.305 e. The monoisotopic (exact) mass is 311 g/mol. The molecule has 0 N–H and O–H groups in total. The maximum atomic E-state index is 7.82. The Labute approximate surface area is 144 Å². The van der Waals surface area contributed by atoms with Crippen molar-refractivity contribution >= 4 is 0 Å². The third-order valence-corrected chi connectivity index (χ3v) is 4.95. The van der Waals surface area contributed by atoms with Crippen molar-refractivity contribution in [2.45, 2.75) is 25.3 Å². The maximum Gasteiger partial charge on any atom is 0.261 e. The topological polar surface area (TPSA) is 4.36 Å². The van der Waals surface area contributed by atoms with Gasteiger partial charge in [0.15, 0.2) is 0 Å². The lowest BCUT2D eigenvalue weighted by Crippen LogP contribution is -2.24. The molecule has 0 unspecified atom stereocenters. The predicted octanol–water partition coefficient (Wildman–Crippen LogP) is 6.29. The lowest BCUT2D eigenvalue weighted by molar-refractivity contribution is 0.487. The molecule has 0 bridgehead atoms. The second kappa shape index (κ2) is 6.72. The fourth-order valence-electron chi connectivity index (χ4n) is 3.11. The first-order chi connectivity index (χ1) is 11.6. The zero-order chi connectivity index (χ0) is 17.0. The molecule has 0 aliphatic heterocycles. The summed E-state index contributed by atoms with van der Waals surface area (Å²) in [7, 11) is 0. The average molecular weight is 311 g/mol. The van der Waals surface area contributed by atoms with Crippen LogP contribution in [0, 0.1) is 6.57 Å². The van der Waals surface area contributed by atoms with Crippen molar-refractivity contribution in [3.63, 3.8) is 0 Å². The molecule has 0 aliphatic carbocycles. The van der Waals surface area contributed by atoms with E-state index in [1.807, 2.05) is 43.3 Å². The molecule has 0 aromatic heterocycles. The summed E-state index contributed by atoms with van der Waals surface area (Å²) in [5, 5.41) is 0. The van der Waals surface area contributed by atoms with E-state index < -0.39 is 5.54 Å². The first kappa shape index (κ1) is 16.0. The Morgan fingerprint density at radius 3 is 1.79 bits per heavy atom. The number of hydrogen-bond donors (Lipinski definition) is 0. The summed E-state index contributed by atoms with van der Waals surface area (Å²) in [5.74, 6) is 0.124. The minimum atomic E-state index is -0.573. The highest BCUT2D eigenvalue weighted by Crippen LogP contribution is 2.40. The molecule has 0 amide bonds. The Bertz CT molecular complexity index is 829. The quantitative estimate of drug-likeness (QED) is 0.499. The number of rotatable bonds is 4. The Hall–Kier alpha value is -2.85. The van der Waals surface area contributed by atoms with Crippen LogP contribution in [0.2, 0.25) is 0 Å². The van der Waals surface area contributed by atoms with Gasteiger partial charge in [-0.25, -0.2) is 6.57 Å². The standard InChI is InChI=1S/C23H21N/c1-18(19-10-6-4-7-11-19)23(2,24-3)22-16-14-21(15-17-22)20-12-8-5-9-13-20/h4-18H,1-2H3/t18-,23+/m1/s1. The van der Waals surface area contributed by atoms with E-state index in [0.29, 0.717) is 0 Å². The van der Waals surface area contributed by atoms with Crippen LogP contribution >= 0.6 is 0 Å². The van der Waals surface area contributed by atoms with Crippen molar-refractivity contribution in [3.8, 4) is 11.1 Å². The maximum absolute atomic E-state index is 7.82. The van der Waals surface area contributed by atoms with Gasteiger partial charge in [0.2, 0.25) is 0 Å². The molecule has 0 fully saturated rings. The van der Waals surface area contributed by atoms with Crippen molar-refractivity contribution in [1.29, 1.82) is 0 Å². The van der Waals surface area contributed by atoms with Gasteiger partial charge in [-0.2, -0.15) is 0 Å². The van der Waals surface area contributed by atoms with Crippen LogP contribution in [0.1, 0.15) is 30.9 Å².